The van der Waals surface area contributed by atoms with Crippen molar-refractivity contribution in [2.75, 3.05) is 13.1 Å². The van der Waals surface area contributed by atoms with Gasteiger partial charge in [0, 0.05) is 37.2 Å². The van der Waals surface area contributed by atoms with Crippen LogP contribution in [0.1, 0.15) is 10.4 Å². The number of imidazole rings is 1. The summed E-state index contributed by atoms with van der Waals surface area (Å²) in [4.78, 5) is 32.4. The molecule has 7 heteroatoms. The summed E-state index contributed by atoms with van der Waals surface area (Å²) in [7, 11) is 0. The van der Waals surface area contributed by atoms with Crippen LogP contribution >= 0.6 is 0 Å². The molecule has 0 radical (unpaired) electrons. The number of nitrogens with one attached hydrogen (secondary N) is 2. The minimum absolute atomic E-state index is 0.0647. The third-order valence-corrected chi connectivity index (χ3v) is 3.73. The zero-order valence-electron chi connectivity index (χ0n) is 14.1. The second-order valence-corrected chi connectivity index (χ2v) is 5.56. The minimum Gasteiger partial charge on any atom is -0.353 e. The maximum atomic E-state index is 11.9. The first-order valence-electron chi connectivity index (χ1n) is 8.26. The molecule has 2 amide bonds. The van der Waals surface area contributed by atoms with E-state index in [2.05, 4.69) is 20.6 Å². The zero-order valence-corrected chi connectivity index (χ0v) is 14.1. The Kier molecular flexibility index (Phi) is 5.72. The van der Waals surface area contributed by atoms with Crippen molar-refractivity contribution < 1.29 is 9.59 Å². The third kappa shape index (κ3) is 4.54. The van der Waals surface area contributed by atoms with Gasteiger partial charge in [-0.05, 0) is 24.3 Å². The van der Waals surface area contributed by atoms with Gasteiger partial charge in [0.25, 0.3) is 5.91 Å². The smallest absolute Gasteiger partial charge is 0.251 e. The highest BCUT2D eigenvalue weighted by molar-refractivity contribution is 5.96. The summed E-state index contributed by atoms with van der Waals surface area (Å²) in [5.41, 5.74) is 1.30. The van der Waals surface area contributed by atoms with Crippen molar-refractivity contribution in [3.8, 4) is 11.5 Å². The molecule has 0 aliphatic rings. The maximum absolute atomic E-state index is 11.9. The largest absolute Gasteiger partial charge is 0.353 e. The van der Waals surface area contributed by atoms with Gasteiger partial charge in [-0.25, -0.2) is 4.98 Å². The lowest BCUT2D eigenvalue weighted by Crippen LogP contribution is -2.38. The molecule has 0 fully saturated rings. The Hall–Kier alpha value is -3.48. The van der Waals surface area contributed by atoms with Crippen molar-refractivity contribution in [3.05, 3.63) is 72.7 Å². The van der Waals surface area contributed by atoms with Crippen LogP contribution in [0.25, 0.3) is 11.5 Å². The number of aromatic nitrogens is 3. The number of hydrogen-bond donors (Lipinski definition) is 2. The predicted octanol–water partition coefficient (Wildman–Crippen LogP) is 1.49. The lowest BCUT2D eigenvalue weighted by Gasteiger charge is -2.09. The monoisotopic (exact) mass is 349 g/mol. The van der Waals surface area contributed by atoms with E-state index in [1.165, 1.54) is 0 Å². The van der Waals surface area contributed by atoms with Gasteiger partial charge < -0.3 is 15.2 Å². The highest BCUT2D eigenvalue weighted by Crippen LogP contribution is 2.13. The van der Waals surface area contributed by atoms with E-state index >= 15 is 0 Å². The minimum atomic E-state index is -0.271. The number of nitrogens with zero attached hydrogens (tertiary/aromatic N) is 3. The second kappa shape index (κ2) is 8.57. The molecule has 0 saturated heterocycles. The number of carbonyl (C=O) groups excluding carboxylic acids is 2. The highest BCUT2D eigenvalue weighted by Gasteiger charge is 2.09. The van der Waals surface area contributed by atoms with Crippen LogP contribution in [0.15, 0.2) is 67.1 Å². The zero-order chi connectivity index (χ0) is 18.2. The first kappa shape index (κ1) is 17.3. The van der Waals surface area contributed by atoms with Crippen LogP contribution in [0.5, 0.6) is 0 Å². The Morgan fingerprint density at radius 2 is 1.73 bits per heavy atom. The van der Waals surface area contributed by atoms with Crippen LogP contribution in [0.2, 0.25) is 0 Å². The molecule has 0 spiro atoms. The first-order valence-corrected chi connectivity index (χ1v) is 8.26. The van der Waals surface area contributed by atoms with Gasteiger partial charge in [0.2, 0.25) is 5.91 Å². The summed E-state index contributed by atoms with van der Waals surface area (Å²) in [5.74, 6) is 0.235. The molecule has 0 unspecified atom stereocenters. The molecule has 7 nitrogen and oxygen atoms in total. The van der Waals surface area contributed by atoms with E-state index in [1.807, 2.05) is 35.0 Å². The summed E-state index contributed by atoms with van der Waals surface area (Å²) in [6.07, 6.45) is 5.25. The maximum Gasteiger partial charge on any atom is 0.251 e. The van der Waals surface area contributed by atoms with Crippen LogP contribution in [0.4, 0.5) is 0 Å². The fourth-order valence-electron chi connectivity index (χ4n) is 2.45. The summed E-state index contributed by atoms with van der Waals surface area (Å²) in [5, 5.41) is 5.38. The SMILES string of the molecule is O=C(CNC(=O)c1ccccc1)NCCn1ccnc1-c1ccccn1. The third-order valence-electron chi connectivity index (χ3n) is 3.73. The van der Waals surface area contributed by atoms with Crippen molar-refractivity contribution in [2.45, 2.75) is 6.54 Å². The first-order chi connectivity index (χ1) is 12.7. The average molecular weight is 349 g/mol. The number of rotatable bonds is 7. The predicted molar refractivity (Wildman–Crippen MR) is 97.2 cm³/mol. The average Bonchev–Trinajstić information content (AvgIpc) is 3.16. The van der Waals surface area contributed by atoms with Crippen molar-refractivity contribution in [2.24, 2.45) is 0 Å². The van der Waals surface area contributed by atoms with Gasteiger partial charge in [0.05, 0.1) is 6.54 Å². The Morgan fingerprint density at radius 1 is 0.923 bits per heavy atom. The van der Waals surface area contributed by atoms with Crippen molar-refractivity contribution in [1.29, 1.82) is 0 Å². The normalized spacial score (nSPS) is 10.3. The van der Waals surface area contributed by atoms with Crippen LogP contribution in [-0.4, -0.2) is 39.4 Å². The van der Waals surface area contributed by atoms with Crippen LogP contribution in [-0.2, 0) is 11.3 Å². The Bertz CT molecular complexity index is 862. The number of pyridine rings is 1. The van der Waals surface area contributed by atoms with E-state index in [4.69, 9.17) is 0 Å². The Morgan fingerprint density at radius 3 is 2.50 bits per heavy atom. The van der Waals surface area contributed by atoms with E-state index in [-0.39, 0.29) is 18.4 Å². The Balaban J connectivity index is 1.45. The molecule has 3 rings (SSSR count). The topological polar surface area (TPSA) is 88.9 Å². The molecule has 3 aromatic rings. The van der Waals surface area contributed by atoms with Gasteiger partial charge in [0.15, 0.2) is 5.82 Å². The van der Waals surface area contributed by atoms with Crippen LogP contribution in [0, 0.1) is 0 Å². The summed E-state index contributed by atoms with van der Waals surface area (Å²) in [6.45, 7) is 0.922. The molecular formula is C19H19N5O2. The molecule has 2 heterocycles. The number of amides is 2. The van der Waals surface area contributed by atoms with Crippen molar-refractivity contribution in [3.63, 3.8) is 0 Å². The van der Waals surface area contributed by atoms with Crippen LogP contribution < -0.4 is 10.6 Å². The quantitative estimate of drug-likeness (QED) is 0.676. The molecule has 0 aliphatic heterocycles. The van der Waals surface area contributed by atoms with Gasteiger partial charge in [-0.15, -0.1) is 0 Å². The summed E-state index contributed by atoms with van der Waals surface area (Å²) in [6, 6.07) is 14.4. The van der Waals surface area contributed by atoms with E-state index in [9.17, 15) is 9.59 Å². The summed E-state index contributed by atoms with van der Waals surface area (Å²) >= 11 is 0. The van der Waals surface area contributed by atoms with E-state index in [0.29, 0.717) is 18.7 Å². The molecule has 26 heavy (non-hydrogen) atoms. The van der Waals surface area contributed by atoms with Gasteiger partial charge in [0.1, 0.15) is 5.69 Å². The molecule has 0 bridgehead atoms. The number of benzene rings is 1. The van der Waals surface area contributed by atoms with Gasteiger partial charge in [-0.1, -0.05) is 24.3 Å². The van der Waals surface area contributed by atoms with Crippen molar-refractivity contribution in [1.82, 2.24) is 25.2 Å². The standard InChI is InChI=1S/C19H19N5O2/c25-17(14-23-19(26)15-6-2-1-3-7-15)21-10-12-24-13-11-22-18(24)16-8-4-5-9-20-16/h1-9,11,13H,10,12,14H2,(H,21,25)(H,23,26). The van der Waals surface area contributed by atoms with Gasteiger partial charge in [-0.3, -0.25) is 14.6 Å². The van der Waals surface area contributed by atoms with Crippen molar-refractivity contribution >= 4 is 11.8 Å². The molecule has 2 N–H and O–H groups in total. The fourth-order valence-corrected chi connectivity index (χ4v) is 2.45. The second-order valence-electron chi connectivity index (χ2n) is 5.56. The van der Waals surface area contributed by atoms with Gasteiger partial charge in [-0.2, -0.15) is 0 Å². The highest BCUT2D eigenvalue weighted by atomic mass is 16.2. The van der Waals surface area contributed by atoms with Crippen LogP contribution in [0.3, 0.4) is 0 Å². The molecular weight excluding hydrogens is 330 g/mol. The molecule has 2 aromatic heterocycles. The van der Waals surface area contributed by atoms with E-state index in [0.717, 1.165) is 11.5 Å². The molecule has 132 valence electrons. The van der Waals surface area contributed by atoms with E-state index < -0.39 is 0 Å². The molecule has 0 saturated carbocycles. The fraction of sp³-hybridized carbons (Fsp3) is 0.158. The molecule has 1 aromatic carbocycles. The number of carbonyl (C=O) groups is 2. The summed E-state index contributed by atoms with van der Waals surface area (Å²) < 4.78 is 1.92. The number of hydrogen-bond acceptors (Lipinski definition) is 4. The lowest BCUT2D eigenvalue weighted by molar-refractivity contribution is -0.120. The molecule has 0 aliphatic carbocycles. The molecule has 0 atom stereocenters. The van der Waals surface area contributed by atoms with E-state index in [1.54, 1.807) is 36.7 Å². The Labute approximate surface area is 151 Å². The van der Waals surface area contributed by atoms with Gasteiger partial charge >= 0.3 is 0 Å². The lowest BCUT2D eigenvalue weighted by atomic mass is 10.2.